The number of carbonyl (C=O) groups excluding carboxylic acids is 1. The molecule has 5 nitrogen and oxygen atoms in total. The van der Waals surface area contributed by atoms with E-state index in [9.17, 15) is 4.79 Å². The molecule has 138 valence electrons. The molecule has 8 heteroatoms. The van der Waals surface area contributed by atoms with Gasteiger partial charge < -0.3 is 4.90 Å². The van der Waals surface area contributed by atoms with Crippen LogP contribution in [0, 0.1) is 0 Å². The molecule has 27 heavy (non-hydrogen) atoms. The van der Waals surface area contributed by atoms with Crippen LogP contribution < -0.4 is 0 Å². The van der Waals surface area contributed by atoms with Crippen molar-refractivity contribution in [3.63, 3.8) is 0 Å². The number of piperidine rings is 1. The van der Waals surface area contributed by atoms with Crippen molar-refractivity contribution in [2.75, 3.05) is 13.1 Å². The van der Waals surface area contributed by atoms with Gasteiger partial charge in [-0.2, -0.15) is 0 Å². The lowest BCUT2D eigenvalue weighted by molar-refractivity contribution is 0.0713. The molecular formula is C19H16Cl2N4OS. The summed E-state index contributed by atoms with van der Waals surface area (Å²) < 4.78 is 0. The van der Waals surface area contributed by atoms with E-state index in [0.29, 0.717) is 24.6 Å². The van der Waals surface area contributed by atoms with Gasteiger partial charge >= 0.3 is 0 Å². The Morgan fingerprint density at radius 2 is 1.74 bits per heavy atom. The second-order valence-electron chi connectivity index (χ2n) is 6.37. The Hall–Kier alpha value is -2.02. The molecule has 1 amide bonds. The van der Waals surface area contributed by atoms with Crippen LogP contribution in [0.4, 0.5) is 0 Å². The second kappa shape index (κ2) is 7.92. The van der Waals surface area contributed by atoms with Crippen LogP contribution in [0.2, 0.25) is 10.3 Å². The average molecular weight is 419 g/mol. The van der Waals surface area contributed by atoms with Gasteiger partial charge in [0.05, 0.1) is 10.7 Å². The minimum atomic E-state index is -0.0590. The number of nitrogens with zero attached hydrogens (tertiary/aromatic N) is 4. The predicted octanol–water partition coefficient (Wildman–Crippen LogP) is 4.93. The standard InChI is InChI=1S/C19H16Cl2N4OS/c20-16-9-14(10-17(21)24-16)19(26)25-7-3-13(4-8-25)18-23-15(11-27-18)12-1-5-22-6-2-12/h1-2,5-6,9-11,13H,3-4,7-8H2. The monoisotopic (exact) mass is 418 g/mol. The first-order valence-corrected chi connectivity index (χ1v) is 10.2. The lowest BCUT2D eigenvalue weighted by Gasteiger charge is -2.31. The third-order valence-corrected chi connectivity index (χ3v) is 6.03. The molecule has 0 radical (unpaired) electrons. The summed E-state index contributed by atoms with van der Waals surface area (Å²) in [5.74, 6) is 0.315. The highest BCUT2D eigenvalue weighted by Crippen LogP contribution is 2.33. The van der Waals surface area contributed by atoms with Crippen molar-refractivity contribution in [3.05, 3.63) is 62.9 Å². The smallest absolute Gasteiger partial charge is 0.254 e. The minimum Gasteiger partial charge on any atom is -0.339 e. The summed E-state index contributed by atoms with van der Waals surface area (Å²) in [6, 6.07) is 7.05. The number of thiazole rings is 1. The third-order valence-electron chi connectivity index (χ3n) is 4.64. The van der Waals surface area contributed by atoms with Crippen molar-refractivity contribution >= 4 is 40.4 Å². The fourth-order valence-electron chi connectivity index (χ4n) is 3.23. The summed E-state index contributed by atoms with van der Waals surface area (Å²) in [5, 5.41) is 3.67. The molecule has 0 aliphatic carbocycles. The largest absolute Gasteiger partial charge is 0.339 e. The van der Waals surface area contributed by atoms with Crippen LogP contribution in [0.3, 0.4) is 0 Å². The Labute approximate surface area is 171 Å². The Bertz CT molecular complexity index is 935. The molecular weight excluding hydrogens is 403 g/mol. The Balaban J connectivity index is 1.42. The van der Waals surface area contributed by atoms with E-state index >= 15 is 0 Å². The van der Waals surface area contributed by atoms with Crippen LogP contribution in [0.1, 0.15) is 34.1 Å². The first kappa shape index (κ1) is 18.3. The van der Waals surface area contributed by atoms with Crippen molar-refractivity contribution in [2.45, 2.75) is 18.8 Å². The zero-order chi connectivity index (χ0) is 18.8. The zero-order valence-corrected chi connectivity index (χ0v) is 16.6. The van der Waals surface area contributed by atoms with Gasteiger partial charge in [-0.15, -0.1) is 11.3 Å². The number of rotatable bonds is 3. The normalized spacial score (nSPS) is 15.1. The topological polar surface area (TPSA) is 59.0 Å². The molecule has 0 atom stereocenters. The van der Waals surface area contributed by atoms with E-state index in [-0.39, 0.29) is 16.2 Å². The van der Waals surface area contributed by atoms with Crippen LogP contribution in [-0.4, -0.2) is 38.8 Å². The fraction of sp³-hybridized carbons (Fsp3) is 0.263. The predicted molar refractivity (Wildman–Crippen MR) is 107 cm³/mol. The maximum absolute atomic E-state index is 12.7. The van der Waals surface area contributed by atoms with Crippen LogP contribution in [0.25, 0.3) is 11.3 Å². The molecule has 0 saturated carbocycles. The van der Waals surface area contributed by atoms with E-state index in [1.165, 1.54) is 0 Å². The summed E-state index contributed by atoms with van der Waals surface area (Å²) >= 11 is 13.5. The van der Waals surface area contributed by atoms with Gasteiger partial charge in [0.15, 0.2) is 0 Å². The van der Waals surface area contributed by atoms with E-state index in [1.54, 1.807) is 35.9 Å². The Morgan fingerprint density at radius 3 is 2.41 bits per heavy atom. The number of hydrogen-bond acceptors (Lipinski definition) is 5. The molecule has 0 N–H and O–H groups in total. The molecule has 0 aromatic carbocycles. The van der Waals surface area contributed by atoms with Gasteiger partial charge in [-0.3, -0.25) is 9.78 Å². The molecule has 0 unspecified atom stereocenters. The fourth-order valence-corrected chi connectivity index (χ4v) is 4.69. The molecule has 0 bridgehead atoms. The van der Waals surface area contributed by atoms with Crippen molar-refractivity contribution in [2.24, 2.45) is 0 Å². The molecule has 0 spiro atoms. The first-order valence-electron chi connectivity index (χ1n) is 8.58. The number of likely N-dealkylation sites (tertiary alicyclic amines) is 1. The summed E-state index contributed by atoms with van der Waals surface area (Å²) in [6.07, 6.45) is 5.33. The van der Waals surface area contributed by atoms with Gasteiger partial charge in [-0.25, -0.2) is 9.97 Å². The second-order valence-corrected chi connectivity index (χ2v) is 8.04. The van der Waals surface area contributed by atoms with Crippen LogP contribution >= 0.6 is 34.5 Å². The third kappa shape index (κ3) is 4.13. The van der Waals surface area contributed by atoms with Crippen LogP contribution in [-0.2, 0) is 0 Å². The van der Waals surface area contributed by atoms with Crippen LogP contribution in [0.15, 0.2) is 42.0 Å². The van der Waals surface area contributed by atoms with Crippen molar-refractivity contribution in [3.8, 4) is 11.3 Å². The van der Waals surface area contributed by atoms with Gasteiger partial charge in [0.2, 0.25) is 0 Å². The number of amides is 1. The highest BCUT2D eigenvalue weighted by atomic mass is 35.5. The van der Waals surface area contributed by atoms with E-state index in [4.69, 9.17) is 28.2 Å². The summed E-state index contributed by atoms with van der Waals surface area (Å²) in [6.45, 7) is 1.37. The quantitative estimate of drug-likeness (QED) is 0.565. The van der Waals surface area contributed by atoms with Gasteiger partial charge in [-0.1, -0.05) is 23.2 Å². The van der Waals surface area contributed by atoms with Gasteiger partial charge in [-0.05, 0) is 37.1 Å². The minimum absolute atomic E-state index is 0.0590. The average Bonchev–Trinajstić information content (AvgIpc) is 3.18. The number of carbonyl (C=O) groups is 1. The van der Waals surface area contributed by atoms with Crippen molar-refractivity contribution < 1.29 is 4.79 Å². The van der Waals surface area contributed by atoms with E-state index < -0.39 is 0 Å². The molecule has 4 rings (SSSR count). The lowest BCUT2D eigenvalue weighted by Crippen LogP contribution is -2.37. The lowest BCUT2D eigenvalue weighted by atomic mass is 9.97. The number of hydrogen-bond donors (Lipinski definition) is 0. The SMILES string of the molecule is O=C(c1cc(Cl)nc(Cl)c1)N1CCC(c2nc(-c3ccncc3)cs2)CC1. The Morgan fingerprint density at radius 1 is 1.07 bits per heavy atom. The number of pyridine rings is 2. The summed E-state index contributed by atoms with van der Waals surface area (Å²) in [4.78, 5) is 27.3. The number of aromatic nitrogens is 3. The first-order chi connectivity index (χ1) is 13.1. The molecule has 1 fully saturated rings. The molecule has 3 aromatic heterocycles. The van der Waals surface area contributed by atoms with E-state index in [2.05, 4.69) is 15.3 Å². The van der Waals surface area contributed by atoms with E-state index in [0.717, 1.165) is 29.1 Å². The molecule has 3 aromatic rings. The van der Waals surface area contributed by atoms with Crippen molar-refractivity contribution in [1.29, 1.82) is 0 Å². The van der Waals surface area contributed by atoms with Crippen molar-refractivity contribution in [1.82, 2.24) is 19.9 Å². The van der Waals surface area contributed by atoms with Crippen LogP contribution in [0.5, 0.6) is 0 Å². The number of halogens is 2. The van der Waals surface area contributed by atoms with Gasteiger partial charge in [0.25, 0.3) is 5.91 Å². The van der Waals surface area contributed by atoms with Gasteiger partial charge in [0.1, 0.15) is 10.3 Å². The summed E-state index contributed by atoms with van der Waals surface area (Å²) in [7, 11) is 0. The van der Waals surface area contributed by atoms with Gasteiger partial charge in [0, 0.05) is 47.9 Å². The highest BCUT2D eigenvalue weighted by molar-refractivity contribution is 7.10. The maximum atomic E-state index is 12.7. The molecule has 1 aliphatic heterocycles. The molecule has 1 aliphatic rings. The Kier molecular flexibility index (Phi) is 5.38. The maximum Gasteiger partial charge on any atom is 0.254 e. The molecule has 1 saturated heterocycles. The highest BCUT2D eigenvalue weighted by Gasteiger charge is 2.26. The molecule has 4 heterocycles. The van der Waals surface area contributed by atoms with E-state index in [1.807, 2.05) is 17.0 Å². The summed E-state index contributed by atoms with van der Waals surface area (Å²) in [5.41, 5.74) is 2.54. The zero-order valence-electron chi connectivity index (χ0n) is 14.3.